The van der Waals surface area contributed by atoms with Crippen LogP contribution >= 0.6 is 23.4 Å². The molecule has 4 bridgehead atoms. The number of imide groups is 1. The van der Waals surface area contributed by atoms with E-state index >= 15 is 0 Å². The summed E-state index contributed by atoms with van der Waals surface area (Å²) < 4.78 is 38.6. The van der Waals surface area contributed by atoms with E-state index in [9.17, 15) is 33.9 Å². The molecule has 1 aromatic carbocycles. The average molecular weight is 967 g/mol. The number of nitrogens with one attached hydrogen (secondary N) is 1. The zero-order valence-electron chi connectivity index (χ0n) is 39.0. The molecule has 1 aromatic rings. The lowest BCUT2D eigenvalue weighted by Crippen LogP contribution is -2.63. The Hall–Kier alpha value is -4.28. The van der Waals surface area contributed by atoms with E-state index in [1.165, 1.54) is 38.0 Å². The molecule has 0 radical (unpaired) electrons. The molecule has 5 amide bonds. The summed E-state index contributed by atoms with van der Waals surface area (Å²) in [5.74, 6) is -2.91. The Labute approximate surface area is 394 Å². The molecule has 9 atom stereocenters. The number of carbonyl (C=O) groups is 6. The normalized spacial score (nSPS) is 29.0. The van der Waals surface area contributed by atoms with Crippen molar-refractivity contribution in [3.8, 4) is 5.75 Å². The molecular formula is C45H64ClN5O14S. The van der Waals surface area contributed by atoms with E-state index in [0.717, 1.165) is 27.8 Å². The van der Waals surface area contributed by atoms with Gasteiger partial charge in [-0.1, -0.05) is 42.3 Å². The topological polar surface area (TPSA) is 238 Å². The molecule has 2 unspecified atom stereocenters. The molecule has 3 fully saturated rings. The van der Waals surface area contributed by atoms with Crippen LogP contribution in [0, 0.1) is 5.92 Å². The molecule has 19 nitrogen and oxygen atoms in total. The number of thioether (sulfide) groups is 1. The SMILES string of the molecule is COc1cc2cc(c1Cl)N(C)C(=O)C[C@H](OC(=O)[C@H](C)N(C)C(=O)C(C)(C)SC1CC(=O)N(CCOCCOCCN)C1=O)C1O[C@H]1[C@H](C)[C@@H]1C[C@@](O)(NC(=O)O1)[C@H](OC)/C=C/C=C(\C)C2. The van der Waals surface area contributed by atoms with E-state index in [0.29, 0.717) is 37.6 Å². The summed E-state index contributed by atoms with van der Waals surface area (Å²) in [6.45, 7) is 9.91. The number of likely N-dealkylation sites (tertiary alicyclic amines) is 1. The van der Waals surface area contributed by atoms with Crippen molar-refractivity contribution < 1.29 is 67.0 Å². The molecule has 0 saturated carbocycles. The van der Waals surface area contributed by atoms with Gasteiger partial charge in [0.25, 0.3) is 0 Å². The quantitative estimate of drug-likeness (QED) is 0.0935. The second-order valence-electron chi connectivity index (χ2n) is 17.4. The fraction of sp³-hybridized carbons (Fsp3) is 0.644. The van der Waals surface area contributed by atoms with Gasteiger partial charge in [-0.2, -0.15) is 0 Å². The minimum atomic E-state index is -1.87. The Bertz CT molecular complexity index is 2040. The van der Waals surface area contributed by atoms with Crippen LogP contribution in [0.2, 0.25) is 5.02 Å². The van der Waals surface area contributed by atoms with Gasteiger partial charge in [0.2, 0.25) is 23.6 Å². The van der Waals surface area contributed by atoms with Crippen LogP contribution in [0.15, 0.2) is 35.9 Å². The first-order valence-corrected chi connectivity index (χ1v) is 23.1. The smallest absolute Gasteiger partial charge is 0.409 e. The van der Waals surface area contributed by atoms with Crippen LogP contribution in [0.25, 0.3) is 0 Å². The monoisotopic (exact) mass is 965 g/mol. The van der Waals surface area contributed by atoms with E-state index in [1.54, 1.807) is 52.1 Å². The fourth-order valence-corrected chi connectivity index (χ4v) is 9.91. The van der Waals surface area contributed by atoms with Crippen molar-refractivity contribution in [2.24, 2.45) is 11.7 Å². The van der Waals surface area contributed by atoms with Crippen molar-refractivity contribution >= 4 is 64.7 Å². The second-order valence-corrected chi connectivity index (χ2v) is 19.6. The Morgan fingerprint density at radius 3 is 2.45 bits per heavy atom. The number of epoxide rings is 1. The molecule has 4 N–H and O–H groups in total. The van der Waals surface area contributed by atoms with Crippen LogP contribution in [0.4, 0.5) is 10.5 Å². The van der Waals surface area contributed by atoms with Crippen molar-refractivity contribution in [3.05, 3.63) is 46.5 Å². The molecule has 0 spiro atoms. The number of carbonyl (C=O) groups excluding carboxylic acids is 6. The second kappa shape index (κ2) is 22.7. The van der Waals surface area contributed by atoms with Gasteiger partial charge in [0, 0.05) is 46.5 Å². The summed E-state index contributed by atoms with van der Waals surface area (Å²) in [5.41, 5.74) is 5.55. The van der Waals surface area contributed by atoms with E-state index in [1.807, 2.05) is 13.0 Å². The number of hydrogen-bond acceptors (Lipinski definition) is 16. The Morgan fingerprint density at radius 2 is 1.79 bits per heavy atom. The van der Waals surface area contributed by atoms with Gasteiger partial charge in [-0.25, -0.2) is 9.59 Å². The number of anilines is 1. The van der Waals surface area contributed by atoms with Crippen LogP contribution in [0.5, 0.6) is 5.75 Å². The summed E-state index contributed by atoms with van der Waals surface area (Å²) in [4.78, 5) is 85.2. The number of hydrogen-bond donors (Lipinski definition) is 3. The Morgan fingerprint density at radius 1 is 1.09 bits per heavy atom. The Kier molecular flexibility index (Phi) is 18.1. The number of nitrogens with two attached hydrogens (primary N) is 1. The van der Waals surface area contributed by atoms with Crippen molar-refractivity contribution in [1.29, 1.82) is 0 Å². The molecular weight excluding hydrogens is 902 g/mol. The first kappa shape index (κ1) is 52.7. The number of amides is 5. The van der Waals surface area contributed by atoms with Gasteiger partial charge in [0.05, 0.1) is 68.3 Å². The summed E-state index contributed by atoms with van der Waals surface area (Å²) in [6.07, 6.45) is -0.468. The van der Waals surface area contributed by atoms with Gasteiger partial charge in [-0.15, -0.1) is 11.8 Å². The van der Waals surface area contributed by atoms with E-state index in [-0.39, 0.29) is 50.0 Å². The first-order chi connectivity index (χ1) is 31.2. The molecule has 4 heterocycles. The van der Waals surface area contributed by atoms with Gasteiger partial charge in [-0.3, -0.25) is 29.4 Å². The minimum absolute atomic E-state index is 0.0502. The number of methoxy groups -OCH3 is 2. The number of aliphatic hydroxyl groups is 1. The number of benzene rings is 1. The number of likely N-dealkylation sites (N-methyl/N-ethyl adjacent to an activating group) is 1. The standard InChI is InChI=1S/C45H64ClN5O14S/c1-25-11-10-12-34(60-9)45(58)24-32(64-43(57)48-45)26(2)38-39(65-38)31(22-35(52)50(7)29-20-28(19-25)21-30(59-8)37(29)46)63-41(55)27(3)49(6)42(56)44(4,5)66-33-23-36(53)51(40(33)54)14-16-62-18-17-61-15-13-47/h10-12,20-21,26-27,31-34,38-39,58H,13-19,22-24,47H2,1-9H3,(H,48,57)/b12-10+,25-11+/t26-,27+,31+,32+,33?,34-,38+,39?,45+/m1/s1. The number of esters is 1. The lowest BCUT2D eigenvalue weighted by atomic mass is 9.87. The molecule has 5 rings (SSSR count). The third-order valence-corrected chi connectivity index (χ3v) is 14.0. The molecule has 0 aliphatic carbocycles. The number of fused-ring (bicyclic) bond motifs is 5. The highest BCUT2D eigenvalue weighted by Gasteiger charge is 2.56. The van der Waals surface area contributed by atoms with Gasteiger partial charge < -0.3 is 53.8 Å². The molecule has 4 aliphatic heterocycles. The predicted octanol–water partition coefficient (Wildman–Crippen LogP) is 2.76. The molecule has 21 heteroatoms. The van der Waals surface area contributed by atoms with Crippen LogP contribution in [-0.2, 0) is 58.8 Å². The van der Waals surface area contributed by atoms with E-state index in [2.05, 4.69) is 5.32 Å². The summed E-state index contributed by atoms with van der Waals surface area (Å²) >= 11 is 7.81. The molecule has 4 aliphatic rings. The van der Waals surface area contributed by atoms with Crippen molar-refractivity contribution in [2.45, 2.75) is 113 Å². The van der Waals surface area contributed by atoms with Crippen LogP contribution in [-0.4, -0.2) is 171 Å². The number of ether oxygens (including phenoxy) is 7. The lowest BCUT2D eigenvalue weighted by Gasteiger charge is -2.41. The third kappa shape index (κ3) is 12.6. The fourth-order valence-electron chi connectivity index (χ4n) is 8.18. The minimum Gasteiger partial charge on any atom is -0.495 e. The molecule has 66 heavy (non-hydrogen) atoms. The summed E-state index contributed by atoms with van der Waals surface area (Å²) in [7, 11) is 5.85. The maximum Gasteiger partial charge on any atom is 0.409 e. The lowest BCUT2D eigenvalue weighted by molar-refractivity contribution is -0.160. The maximum absolute atomic E-state index is 14.2. The van der Waals surface area contributed by atoms with Crippen LogP contribution < -0.4 is 20.7 Å². The van der Waals surface area contributed by atoms with Crippen molar-refractivity contribution in [2.75, 3.05) is 72.7 Å². The van der Waals surface area contributed by atoms with Crippen molar-refractivity contribution in [1.82, 2.24) is 15.1 Å². The zero-order valence-corrected chi connectivity index (χ0v) is 40.6. The van der Waals surface area contributed by atoms with Gasteiger partial charge in [-0.05, 0) is 51.8 Å². The van der Waals surface area contributed by atoms with E-state index in [4.69, 9.17) is 50.5 Å². The average Bonchev–Trinajstić information content (AvgIpc) is 4.02. The summed E-state index contributed by atoms with van der Waals surface area (Å²) in [5, 5.41) is 13.6. The highest BCUT2D eigenvalue weighted by atomic mass is 35.5. The summed E-state index contributed by atoms with van der Waals surface area (Å²) in [6, 6.07) is 2.34. The number of allylic oxidation sites excluding steroid dienone is 3. The Balaban J connectivity index is 1.35. The van der Waals surface area contributed by atoms with E-state index < -0.39 is 88.0 Å². The number of nitrogens with zero attached hydrogens (tertiary/aromatic N) is 3. The van der Waals surface area contributed by atoms with Crippen LogP contribution in [0.3, 0.4) is 0 Å². The molecule has 0 aromatic heterocycles. The number of alkyl carbamates (subject to hydrolysis) is 1. The van der Waals surface area contributed by atoms with Gasteiger partial charge in [0.15, 0.2) is 5.72 Å². The first-order valence-electron chi connectivity index (χ1n) is 21.9. The van der Waals surface area contributed by atoms with Gasteiger partial charge in [0.1, 0.15) is 41.2 Å². The number of halogens is 1. The van der Waals surface area contributed by atoms with Crippen molar-refractivity contribution in [3.63, 3.8) is 0 Å². The molecule has 366 valence electrons. The predicted molar refractivity (Wildman–Crippen MR) is 244 cm³/mol. The largest absolute Gasteiger partial charge is 0.495 e. The maximum atomic E-state index is 14.2. The van der Waals surface area contributed by atoms with Crippen LogP contribution in [0.1, 0.15) is 59.4 Å². The third-order valence-electron chi connectivity index (χ3n) is 12.2. The zero-order chi connectivity index (χ0) is 48.7. The highest BCUT2D eigenvalue weighted by Crippen LogP contribution is 2.42. The van der Waals surface area contributed by atoms with Gasteiger partial charge >= 0.3 is 12.1 Å². The number of rotatable bonds is 16. The highest BCUT2D eigenvalue weighted by molar-refractivity contribution is 8.02. The molecule has 3 saturated heterocycles.